The molecule has 6 heteroatoms. The van der Waals surface area contributed by atoms with Gasteiger partial charge in [0.05, 0.1) is 5.56 Å². The Balaban J connectivity index is 2.34. The molecule has 4 nitrogen and oxygen atoms in total. The summed E-state index contributed by atoms with van der Waals surface area (Å²) in [6.45, 7) is 0. The quantitative estimate of drug-likeness (QED) is 0.906. The van der Waals surface area contributed by atoms with Crippen LogP contribution >= 0.6 is 11.8 Å². The molecule has 0 aliphatic carbocycles. The van der Waals surface area contributed by atoms with E-state index in [0.717, 1.165) is 22.7 Å². The highest BCUT2D eigenvalue weighted by Gasteiger charge is 2.15. The molecule has 0 bridgehead atoms. The van der Waals surface area contributed by atoms with E-state index in [2.05, 4.69) is 9.97 Å². The summed E-state index contributed by atoms with van der Waals surface area (Å²) in [5, 5.41) is 8.81. The van der Waals surface area contributed by atoms with Gasteiger partial charge in [-0.05, 0) is 18.2 Å². The van der Waals surface area contributed by atoms with Crippen molar-refractivity contribution in [1.29, 1.82) is 0 Å². The van der Waals surface area contributed by atoms with Gasteiger partial charge in [-0.2, -0.15) is 0 Å². The highest BCUT2D eigenvalue weighted by atomic mass is 32.2. The maximum Gasteiger partial charge on any atom is 0.338 e. The van der Waals surface area contributed by atoms with Crippen LogP contribution < -0.4 is 0 Å². The van der Waals surface area contributed by atoms with Gasteiger partial charge in [-0.15, -0.1) is 0 Å². The lowest BCUT2D eigenvalue weighted by atomic mass is 10.3. The molecule has 0 unspecified atom stereocenters. The van der Waals surface area contributed by atoms with Gasteiger partial charge in [0, 0.05) is 23.5 Å². The smallest absolute Gasteiger partial charge is 0.338 e. The average Bonchev–Trinajstić information content (AvgIpc) is 2.33. The Morgan fingerprint density at radius 2 is 1.94 bits per heavy atom. The van der Waals surface area contributed by atoms with E-state index in [1.807, 2.05) is 0 Å². The Bertz CT molecular complexity index is 548. The Morgan fingerprint density at radius 3 is 2.59 bits per heavy atom. The van der Waals surface area contributed by atoms with Gasteiger partial charge in [0.2, 0.25) is 0 Å². The van der Waals surface area contributed by atoms with Gasteiger partial charge in [0.1, 0.15) is 5.03 Å². The number of hydrogen-bond acceptors (Lipinski definition) is 4. The monoisotopic (exact) mass is 250 g/mol. The van der Waals surface area contributed by atoms with Gasteiger partial charge in [0.15, 0.2) is 5.82 Å². The van der Waals surface area contributed by atoms with Crippen molar-refractivity contribution < 1.29 is 14.3 Å². The second kappa shape index (κ2) is 4.92. The maximum atomic E-state index is 13.7. The number of halogens is 1. The van der Waals surface area contributed by atoms with E-state index in [-0.39, 0.29) is 10.6 Å². The zero-order chi connectivity index (χ0) is 12.3. The van der Waals surface area contributed by atoms with E-state index < -0.39 is 11.8 Å². The lowest BCUT2D eigenvalue weighted by Crippen LogP contribution is -2.02. The topological polar surface area (TPSA) is 63.1 Å². The summed E-state index contributed by atoms with van der Waals surface area (Å²) in [7, 11) is 0. The second-order valence-corrected chi connectivity index (χ2v) is 4.13. The van der Waals surface area contributed by atoms with E-state index >= 15 is 0 Å². The number of carboxylic acid groups (broad SMARTS) is 1. The number of aromatic nitrogens is 2. The summed E-state index contributed by atoms with van der Waals surface area (Å²) >= 11 is 1.06. The van der Waals surface area contributed by atoms with E-state index in [1.54, 1.807) is 24.5 Å². The molecule has 0 aliphatic heterocycles. The minimum Gasteiger partial charge on any atom is -0.478 e. The number of carbonyl (C=O) groups is 1. The molecule has 0 fully saturated rings. The van der Waals surface area contributed by atoms with E-state index in [1.165, 1.54) is 6.20 Å². The minimum absolute atomic E-state index is 0.0381. The van der Waals surface area contributed by atoms with Crippen molar-refractivity contribution in [3.63, 3.8) is 0 Å². The van der Waals surface area contributed by atoms with E-state index in [9.17, 15) is 9.18 Å². The average molecular weight is 250 g/mol. The molecule has 86 valence electrons. The van der Waals surface area contributed by atoms with Gasteiger partial charge >= 0.3 is 5.97 Å². The molecular formula is C11H7FN2O2S. The third kappa shape index (κ3) is 2.59. The molecule has 2 rings (SSSR count). The third-order valence-corrected chi connectivity index (χ3v) is 2.94. The van der Waals surface area contributed by atoms with Gasteiger partial charge < -0.3 is 5.11 Å². The summed E-state index contributed by atoms with van der Waals surface area (Å²) in [5.74, 6) is -2.12. The number of nitrogens with zero attached hydrogens (tertiary/aromatic N) is 2. The van der Waals surface area contributed by atoms with Crippen molar-refractivity contribution in [2.45, 2.75) is 9.92 Å². The molecule has 1 N–H and O–H groups in total. The molecule has 0 amide bonds. The van der Waals surface area contributed by atoms with Crippen molar-refractivity contribution in [3.05, 3.63) is 48.2 Å². The van der Waals surface area contributed by atoms with Crippen molar-refractivity contribution in [3.8, 4) is 0 Å². The van der Waals surface area contributed by atoms with Crippen LogP contribution in [0.1, 0.15) is 10.4 Å². The van der Waals surface area contributed by atoms with Crippen LogP contribution in [-0.4, -0.2) is 21.0 Å². The Morgan fingerprint density at radius 1 is 1.24 bits per heavy atom. The van der Waals surface area contributed by atoms with Gasteiger partial charge in [-0.25, -0.2) is 14.2 Å². The molecule has 2 heterocycles. The van der Waals surface area contributed by atoms with Crippen LogP contribution in [0.2, 0.25) is 0 Å². The Hall–Kier alpha value is -1.95. The highest BCUT2D eigenvalue weighted by molar-refractivity contribution is 7.99. The van der Waals surface area contributed by atoms with Crippen LogP contribution in [0.15, 0.2) is 46.7 Å². The summed E-state index contributed by atoms with van der Waals surface area (Å²) in [6, 6.07) is 4.52. The van der Waals surface area contributed by atoms with Gasteiger partial charge in [0.25, 0.3) is 0 Å². The van der Waals surface area contributed by atoms with Crippen LogP contribution in [0.25, 0.3) is 0 Å². The van der Waals surface area contributed by atoms with Crippen LogP contribution in [0.3, 0.4) is 0 Å². The van der Waals surface area contributed by atoms with Crippen molar-refractivity contribution >= 4 is 17.7 Å². The molecular weight excluding hydrogens is 243 g/mol. The van der Waals surface area contributed by atoms with Crippen LogP contribution in [-0.2, 0) is 0 Å². The number of pyridine rings is 2. The molecule has 0 saturated carbocycles. The molecule has 0 atom stereocenters. The van der Waals surface area contributed by atoms with Crippen LogP contribution in [0.5, 0.6) is 0 Å². The predicted octanol–water partition coefficient (Wildman–Crippen LogP) is 2.47. The minimum atomic E-state index is -1.30. The summed E-state index contributed by atoms with van der Waals surface area (Å²) in [5.41, 5.74) is -0.378. The number of hydrogen-bond donors (Lipinski definition) is 1. The van der Waals surface area contributed by atoms with Crippen molar-refractivity contribution in [2.75, 3.05) is 0 Å². The fourth-order valence-corrected chi connectivity index (χ4v) is 1.97. The number of carboxylic acids is 1. The lowest BCUT2D eigenvalue weighted by Gasteiger charge is -2.03. The first-order valence-corrected chi connectivity index (χ1v) is 5.46. The standard InChI is InChI=1S/C11H7FN2O2S/c12-9-8(11(15)16)3-6-14-10(9)17-7-1-4-13-5-2-7/h1-6H,(H,15,16). The van der Waals surface area contributed by atoms with E-state index in [4.69, 9.17) is 5.11 Å². The molecule has 17 heavy (non-hydrogen) atoms. The zero-order valence-corrected chi connectivity index (χ0v) is 9.32. The lowest BCUT2D eigenvalue weighted by molar-refractivity contribution is 0.0691. The third-order valence-electron chi connectivity index (χ3n) is 1.95. The molecule has 2 aromatic heterocycles. The fraction of sp³-hybridized carbons (Fsp3) is 0. The normalized spacial score (nSPS) is 10.2. The van der Waals surface area contributed by atoms with Crippen LogP contribution in [0, 0.1) is 5.82 Å². The SMILES string of the molecule is O=C(O)c1ccnc(Sc2ccncc2)c1F. The van der Waals surface area contributed by atoms with Gasteiger partial charge in [-0.3, -0.25) is 4.98 Å². The maximum absolute atomic E-state index is 13.7. The first-order valence-electron chi connectivity index (χ1n) is 4.64. The summed E-state index contributed by atoms with van der Waals surface area (Å²) in [4.78, 5) is 19.1. The van der Waals surface area contributed by atoms with Crippen molar-refractivity contribution in [2.24, 2.45) is 0 Å². The highest BCUT2D eigenvalue weighted by Crippen LogP contribution is 2.28. The second-order valence-electron chi connectivity index (χ2n) is 3.07. The largest absolute Gasteiger partial charge is 0.478 e. The van der Waals surface area contributed by atoms with Gasteiger partial charge in [-0.1, -0.05) is 11.8 Å². The predicted molar refractivity (Wildman–Crippen MR) is 59.5 cm³/mol. The van der Waals surface area contributed by atoms with Crippen LogP contribution in [0.4, 0.5) is 4.39 Å². The van der Waals surface area contributed by atoms with E-state index in [0.29, 0.717) is 0 Å². The molecule has 0 aliphatic rings. The number of rotatable bonds is 3. The Kier molecular flexibility index (Phi) is 3.34. The molecule has 0 spiro atoms. The zero-order valence-electron chi connectivity index (χ0n) is 8.50. The fourth-order valence-electron chi connectivity index (χ4n) is 1.18. The Labute approximate surface area is 101 Å². The first kappa shape index (κ1) is 11.5. The van der Waals surface area contributed by atoms with Crippen molar-refractivity contribution in [1.82, 2.24) is 9.97 Å². The summed E-state index contributed by atoms with van der Waals surface area (Å²) < 4.78 is 13.7. The number of aromatic carboxylic acids is 1. The molecule has 0 radical (unpaired) electrons. The molecule has 0 aromatic carbocycles. The molecule has 0 saturated heterocycles. The first-order chi connectivity index (χ1) is 8.18. The summed E-state index contributed by atoms with van der Waals surface area (Å²) in [6.07, 6.45) is 4.42. The molecule has 2 aromatic rings.